The van der Waals surface area contributed by atoms with Crippen LogP contribution in [0.25, 0.3) is 0 Å². The first-order valence-electron chi connectivity index (χ1n) is 12.6. The Bertz CT molecular complexity index is 1240. The molecule has 1 amide bonds. The number of nitrogens with zero attached hydrogens (tertiary/aromatic N) is 2. The van der Waals surface area contributed by atoms with E-state index in [1.54, 1.807) is 12.1 Å². The van der Waals surface area contributed by atoms with Crippen LogP contribution in [0.2, 0.25) is 0 Å². The number of carbonyl (C=O) groups is 1. The minimum Gasteiger partial charge on any atom is -0.410 e. The van der Waals surface area contributed by atoms with Gasteiger partial charge in [-0.05, 0) is 35.9 Å². The lowest BCUT2D eigenvalue weighted by Gasteiger charge is -2.30. The molecule has 41 heavy (non-hydrogen) atoms. The zero-order valence-corrected chi connectivity index (χ0v) is 23.9. The van der Waals surface area contributed by atoms with E-state index >= 15 is 0 Å². The molecule has 3 atom stereocenters. The van der Waals surface area contributed by atoms with Gasteiger partial charge in [0.1, 0.15) is 11.6 Å². The van der Waals surface area contributed by atoms with Gasteiger partial charge in [0, 0.05) is 31.7 Å². The maximum atomic E-state index is 14.8. The van der Waals surface area contributed by atoms with Crippen molar-refractivity contribution < 1.29 is 57.2 Å². The number of hydrogen-bond donors (Lipinski definition) is 6. The lowest BCUT2D eigenvalue weighted by Crippen LogP contribution is -2.37. The van der Waals surface area contributed by atoms with Crippen molar-refractivity contribution in [2.45, 2.75) is 24.3 Å². The highest BCUT2D eigenvalue weighted by molar-refractivity contribution is 7.74. The van der Waals surface area contributed by atoms with Crippen LogP contribution in [0.5, 0.6) is 5.75 Å². The van der Waals surface area contributed by atoms with Crippen molar-refractivity contribution in [2.75, 3.05) is 56.3 Å². The summed E-state index contributed by atoms with van der Waals surface area (Å²) in [5.41, 5.74) is 1.22. The Balaban J connectivity index is 1.27. The normalized spacial score (nSPS) is 20.7. The first kappa shape index (κ1) is 31.5. The van der Waals surface area contributed by atoms with Crippen LogP contribution in [0, 0.1) is 5.82 Å². The minimum atomic E-state index is -4.90. The molecule has 2 fully saturated rings. The molecular weight excluding hydrogens is 587 g/mol. The molecule has 226 valence electrons. The Kier molecular flexibility index (Phi) is 10.2. The van der Waals surface area contributed by atoms with Gasteiger partial charge in [-0.2, -0.15) is 14.3 Å². The predicted octanol–water partition coefficient (Wildman–Crippen LogP) is 1.37. The zero-order valence-electron chi connectivity index (χ0n) is 22.1. The summed E-state index contributed by atoms with van der Waals surface area (Å²) in [7, 11) is -8.28. The van der Waals surface area contributed by atoms with Crippen LogP contribution in [0.4, 0.5) is 20.6 Å². The van der Waals surface area contributed by atoms with E-state index in [4.69, 9.17) is 14.2 Å². The Hall–Kier alpha value is -2.42. The van der Waals surface area contributed by atoms with Crippen LogP contribution in [0.3, 0.4) is 0 Å². The second-order valence-corrected chi connectivity index (χ2v) is 13.8. The van der Waals surface area contributed by atoms with Crippen molar-refractivity contribution in [3.8, 4) is 5.75 Å². The molecule has 2 aromatic carbocycles. The highest BCUT2D eigenvalue weighted by Crippen LogP contribution is 2.68. The number of halogens is 1. The van der Waals surface area contributed by atoms with E-state index in [9.17, 15) is 38.4 Å². The van der Waals surface area contributed by atoms with Crippen LogP contribution in [0.15, 0.2) is 42.5 Å². The molecule has 0 aromatic heterocycles. The number of nitrogens with one attached hydrogen (secondary N) is 1. The maximum absolute atomic E-state index is 14.8. The number of carbonyl (C=O) groups excluding carboxylic acids is 1. The second-order valence-electron chi connectivity index (χ2n) is 9.43. The number of amides is 1. The van der Waals surface area contributed by atoms with Gasteiger partial charge < -0.3 is 44.2 Å². The van der Waals surface area contributed by atoms with Gasteiger partial charge in [-0.1, -0.05) is 12.1 Å². The van der Waals surface area contributed by atoms with E-state index in [0.29, 0.717) is 43.2 Å². The van der Waals surface area contributed by atoms with Crippen molar-refractivity contribution in [1.82, 2.24) is 5.32 Å². The van der Waals surface area contributed by atoms with Crippen LogP contribution < -0.4 is 19.9 Å². The van der Waals surface area contributed by atoms with Gasteiger partial charge >= 0.3 is 21.6 Å². The van der Waals surface area contributed by atoms with Gasteiger partial charge in [-0.25, -0.2) is 9.18 Å². The quantitative estimate of drug-likeness (QED) is 0.209. The average Bonchev–Trinajstić information content (AvgIpc) is 3.31. The molecule has 0 radical (unpaired) electrons. The third kappa shape index (κ3) is 8.11. The fraction of sp³-hybridized carbons (Fsp3) is 0.458. The summed E-state index contributed by atoms with van der Waals surface area (Å²) in [6.45, 7) is 2.37. The number of benzene rings is 2. The van der Waals surface area contributed by atoms with E-state index in [-0.39, 0.29) is 25.3 Å². The number of ether oxygens (including phenoxy) is 3. The Labute approximate surface area is 235 Å². The minimum absolute atomic E-state index is 0.0153. The van der Waals surface area contributed by atoms with Gasteiger partial charge in [0.05, 0.1) is 38.7 Å². The van der Waals surface area contributed by atoms with Crippen molar-refractivity contribution >= 4 is 33.0 Å². The number of anilines is 2. The molecule has 2 saturated heterocycles. The summed E-state index contributed by atoms with van der Waals surface area (Å²) in [6, 6.07) is 10.2. The van der Waals surface area contributed by atoms with E-state index < -0.39 is 45.4 Å². The van der Waals surface area contributed by atoms with Gasteiger partial charge in [-0.3, -0.25) is 4.57 Å². The number of hydrogen-bond acceptors (Lipinski definition) is 11. The fourth-order valence-electron chi connectivity index (χ4n) is 4.48. The monoisotopic (exact) mass is 620 g/mol. The molecule has 2 aliphatic heterocycles. The van der Waals surface area contributed by atoms with Crippen molar-refractivity contribution in [3.05, 3.63) is 53.8 Å². The SMILES string of the molecule is CO[P+](O)(O)C(Cc1ccc(OC(=O)NC[C@H]2CN(c3ccc(N4CCOCC4)c(F)c3)C(O)O2)cc1)P(=O)(O)O. The van der Waals surface area contributed by atoms with E-state index in [2.05, 4.69) is 9.84 Å². The molecule has 0 aliphatic carbocycles. The number of aliphatic hydroxyl groups excluding tert-OH is 1. The third-order valence-corrected chi connectivity index (χ3v) is 10.9. The molecule has 6 N–H and O–H groups in total. The van der Waals surface area contributed by atoms with Gasteiger partial charge in [-0.15, -0.1) is 0 Å². The van der Waals surface area contributed by atoms with Crippen molar-refractivity contribution in [1.29, 1.82) is 0 Å². The van der Waals surface area contributed by atoms with Crippen molar-refractivity contribution in [3.63, 3.8) is 0 Å². The Morgan fingerprint density at radius 1 is 1.20 bits per heavy atom. The second kappa shape index (κ2) is 13.3. The molecule has 2 aliphatic rings. The predicted molar refractivity (Wildman–Crippen MR) is 146 cm³/mol. The van der Waals surface area contributed by atoms with Crippen molar-refractivity contribution in [2.24, 2.45) is 0 Å². The van der Waals surface area contributed by atoms with E-state index in [1.165, 1.54) is 35.2 Å². The largest absolute Gasteiger partial charge is 0.422 e. The fourth-order valence-corrected chi connectivity index (χ4v) is 7.47. The lowest BCUT2D eigenvalue weighted by molar-refractivity contribution is -0.0868. The molecule has 0 saturated carbocycles. The number of rotatable bonds is 10. The summed E-state index contributed by atoms with van der Waals surface area (Å²) in [6.07, 6.45) is -3.16. The molecule has 2 unspecified atom stereocenters. The first-order valence-corrected chi connectivity index (χ1v) is 16.0. The molecule has 2 aromatic rings. The molecule has 17 heteroatoms. The highest BCUT2D eigenvalue weighted by Gasteiger charge is 2.56. The highest BCUT2D eigenvalue weighted by atomic mass is 31.3. The smallest absolute Gasteiger partial charge is 0.410 e. The van der Waals surface area contributed by atoms with Crippen LogP contribution in [-0.2, 0) is 25.0 Å². The summed E-state index contributed by atoms with van der Waals surface area (Å²) >= 11 is 0. The summed E-state index contributed by atoms with van der Waals surface area (Å²) in [5, 5.41) is 11.0. The summed E-state index contributed by atoms with van der Waals surface area (Å²) < 4.78 is 47.1. The first-order chi connectivity index (χ1) is 19.4. The lowest BCUT2D eigenvalue weighted by atomic mass is 10.2. The summed E-state index contributed by atoms with van der Waals surface area (Å²) in [5.74, 6) is -0.318. The zero-order chi connectivity index (χ0) is 29.8. The van der Waals surface area contributed by atoms with E-state index in [0.717, 1.165) is 7.11 Å². The average molecular weight is 620 g/mol. The van der Waals surface area contributed by atoms with Crippen LogP contribution in [-0.4, -0.2) is 95.2 Å². The maximum Gasteiger partial charge on any atom is 0.422 e. The number of aliphatic hydroxyl groups is 1. The third-order valence-electron chi connectivity index (χ3n) is 6.67. The number of morpholine rings is 1. The van der Waals surface area contributed by atoms with Gasteiger partial charge in [0.15, 0.2) is 0 Å². The van der Waals surface area contributed by atoms with Crippen LogP contribution >= 0.6 is 15.5 Å². The molecule has 4 rings (SSSR count). The van der Waals surface area contributed by atoms with Gasteiger partial charge in [0.2, 0.25) is 6.41 Å². The van der Waals surface area contributed by atoms with Crippen LogP contribution in [0.1, 0.15) is 5.56 Å². The molecule has 0 spiro atoms. The molecule has 0 bridgehead atoms. The standard InChI is InChI=1S/C24H32FN3O11P2/c1-36-41(34,35)22(40(31,32)33)12-16-2-5-18(6-3-16)38-23(29)26-14-19-15-28(24(30)39-19)17-4-7-21(20(25)13-17)27-8-10-37-11-9-27/h2-7,13,19,22,24,30,34-35H,8-12,14-15H2,1H3,(H2-,26,29,31,32,33)/p+1/t19-,22?,24?/m0/s1. The Morgan fingerprint density at radius 2 is 1.88 bits per heavy atom. The Morgan fingerprint density at radius 3 is 2.49 bits per heavy atom. The van der Waals surface area contributed by atoms with E-state index in [1.807, 2.05) is 4.90 Å². The van der Waals surface area contributed by atoms with Gasteiger partial charge in [0.25, 0.3) is 5.40 Å². The molecular formula is C24H33FN3O11P2+. The molecule has 2 heterocycles. The molecule has 14 nitrogen and oxygen atoms in total. The topological polar surface area (TPSA) is 191 Å². The summed E-state index contributed by atoms with van der Waals surface area (Å²) in [4.78, 5) is 54.5.